The molecule has 6 N–H and O–H groups in total. The van der Waals surface area contributed by atoms with Gasteiger partial charge in [-0.05, 0) is 61.4 Å². The molecule has 6 heteroatoms. The van der Waals surface area contributed by atoms with E-state index in [0.29, 0.717) is 16.8 Å². The lowest BCUT2D eigenvalue weighted by Crippen LogP contribution is -2.21. The number of aryl methyl sites for hydroxylation is 1. The summed E-state index contributed by atoms with van der Waals surface area (Å²) in [6.45, 7) is 4.69. The quantitative estimate of drug-likeness (QED) is 0.397. The normalized spacial score (nSPS) is 11.6. The molecule has 0 amide bonds. The number of nitrogens with one attached hydrogen (secondary N) is 3. The summed E-state index contributed by atoms with van der Waals surface area (Å²) in [5.41, 5.74) is 9.23. The van der Waals surface area contributed by atoms with E-state index in [1.54, 1.807) is 24.3 Å². The van der Waals surface area contributed by atoms with Crippen LogP contribution in [0.5, 0.6) is 0 Å². The maximum atomic E-state index is 11.7. The number of carbonyl (C=O) groups is 1. The fourth-order valence-electron chi connectivity index (χ4n) is 2.49. The van der Waals surface area contributed by atoms with E-state index < -0.39 is 12.0 Å². The van der Waals surface area contributed by atoms with Crippen molar-refractivity contribution in [2.24, 2.45) is 5.73 Å². The van der Waals surface area contributed by atoms with Crippen LogP contribution in [0.1, 0.15) is 29.7 Å². The molecule has 0 spiro atoms. The number of nitrogens with two attached hydrogens (primary N) is 1. The number of carboxylic acid groups (broad SMARTS) is 1. The fraction of sp³-hybridized carbons (Fsp3) is 0.222. The highest BCUT2D eigenvalue weighted by Crippen LogP contribution is 2.24. The van der Waals surface area contributed by atoms with Crippen molar-refractivity contribution in [1.29, 1.82) is 5.41 Å². The minimum Gasteiger partial charge on any atom is -0.479 e. The maximum absolute atomic E-state index is 11.7. The summed E-state index contributed by atoms with van der Waals surface area (Å²) in [5.74, 6) is -0.982. The Kier molecular flexibility index (Phi) is 5.42. The zero-order valence-electron chi connectivity index (χ0n) is 13.8. The second-order valence-electron chi connectivity index (χ2n) is 5.57. The fourth-order valence-corrected chi connectivity index (χ4v) is 2.49. The molecule has 2 aromatic carbocycles. The molecule has 126 valence electrons. The van der Waals surface area contributed by atoms with E-state index in [-0.39, 0.29) is 5.84 Å². The first-order valence-corrected chi connectivity index (χ1v) is 7.70. The third-order valence-electron chi connectivity index (χ3n) is 3.57. The molecule has 24 heavy (non-hydrogen) atoms. The standard InChI is InChI=1S/C18H22N4O2/c1-3-21-15-9-11(2)8-13(10-15)16(18(23)24)22-14-6-4-12(5-7-14)17(19)20/h4-10,16,21-22H,3H2,1-2H3,(H3,19,20)(H,23,24). The van der Waals surface area contributed by atoms with Crippen LogP contribution >= 0.6 is 0 Å². The lowest BCUT2D eigenvalue weighted by molar-refractivity contribution is -0.138. The Bertz CT molecular complexity index is 741. The Morgan fingerprint density at radius 3 is 2.42 bits per heavy atom. The highest BCUT2D eigenvalue weighted by molar-refractivity contribution is 5.95. The van der Waals surface area contributed by atoms with E-state index in [0.717, 1.165) is 17.8 Å². The van der Waals surface area contributed by atoms with Gasteiger partial charge < -0.3 is 21.5 Å². The minimum atomic E-state index is -0.960. The first-order chi connectivity index (χ1) is 11.4. The van der Waals surface area contributed by atoms with Crippen LogP contribution in [0.15, 0.2) is 42.5 Å². The molecule has 1 unspecified atom stereocenters. The zero-order valence-corrected chi connectivity index (χ0v) is 13.8. The van der Waals surface area contributed by atoms with Crippen LogP contribution in [0.2, 0.25) is 0 Å². The second-order valence-corrected chi connectivity index (χ2v) is 5.57. The minimum absolute atomic E-state index is 0.0229. The molecule has 2 rings (SSSR count). The Morgan fingerprint density at radius 2 is 1.88 bits per heavy atom. The van der Waals surface area contributed by atoms with Gasteiger partial charge in [0.1, 0.15) is 5.84 Å². The molecule has 0 fully saturated rings. The van der Waals surface area contributed by atoms with E-state index >= 15 is 0 Å². The van der Waals surface area contributed by atoms with Crippen LogP contribution in [0.3, 0.4) is 0 Å². The Labute approximate surface area is 141 Å². The second kappa shape index (κ2) is 7.50. The van der Waals surface area contributed by atoms with Crippen molar-refractivity contribution in [2.45, 2.75) is 19.9 Å². The number of hydrogen-bond acceptors (Lipinski definition) is 4. The summed E-state index contributed by atoms with van der Waals surface area (Å²) >= 11 is 0. The summed E-state index contributed by atoms with van der Waals surface area (Å²) < 4.78 is 0. The van der Waals surface area contributed by atoms with Crippen LogP contribution in [-0.4, -0.2) is 23.5 Å². The van der Waals surface area contributed by atoms with Crippen molar-refractivity contribution in [2.75, 3.05) is 17.2 Å². The molecular weight excluding hydrogens is 304 g/mol. The van der Waals surface area contributed by atoms with Gasteiger partial charge in [0.2, 0.25) is 0 Å². The molecule has 2 aromatic rings. The van der Waals surface area contributed by atoms with Crippen LogP contribution in [-0.2, 0) is 4.79 Å². The molecule has 0 bridgehead atoms. The predicted octanol–water partition coefficient (Wildman–Crippen LogP) is 2.95. The van der Waals surface area contributed by atoms with E-state index in [1.807, 2.05) is 32.0 Å². The van der Waals surface area contributed by atoms with Crippen molar-refractivity contribution in [1.82, 2.24) is 0 Å². The first-order valence-electron chi connectivity index (χ1n) is 7.70. The summed E-state index contributed by atoms with van der Waals surface area (Å²) in [6, 6.07) is 11.6. The van der Waals surface area contributed by atoms with Crippen LogP contribution < -0.4 is 16.4 Å². The smallest absolute Gasteiger partial charge is 0.330 e. The van der Waals surface area contributed by atoms with Crippen molar-refractivity contribution in [3.8, 4) is 0 Å². The highest BCUT2D eigenvalue weighted by atomic mass is 16.4. The number of anilines is 2. The van der Waals surface area contributed by atoms with Crippen molar-refractivity contribution in [3.63, 3.8) is 0 Å². The summed E-state index contributed by atoms with van der Waals surface area (Å²) in [7, 11) is 0. The van der Waals surface area contributed by atoms with E-state index in [2.05, 4.69) is 10.6 Å². The molecule has 0 aliphatic rings. The molecule has 0 radical (unpaired) electrons. The van der Waals surface area contributed by atoms with Gasteiger partial charge in [0, 0.05) is 23.5 Å². The molecular formula is C18H22N4O2. The van der Waals surface area contributed by atoms with Gasteiger partial charge in [-0.15, -0.1) is 0 Å². The van der Waals surface area contributed by atoms with Crippen LogP contribution in [0.25, 0.3) is 0 Å². The lowest BCUT2D eigenvalue weighted by Gasteiger charge is -2.18. The number of amidine groups is 1. The van der Waals surface area contributed by atoms with Crippen LogP contribution in [0, 0.1) is 12.3 Å². The van der Waals surface area contributed by atoms with Gasteiger partial charge in [-0.25, -0.2) is 4.79 Å². The Morgan fingerprint density at radius 1 is 1.21 bits per heavy atom. The van der Waals surface area contributed by atoms with Gasteiger partial charge in [0.15, 0.2) is 6.04 Å². The predicted molar refractivity (Wildman–Crippen MR) is 96.8 cm³/mol. The van der Waals surface area contributed by atoms with E-state index in [4.69, 9.17) is 11.1 Å². The Balaban J connectivity index is 2.29. The topological polar surface area (TPSA) is 111 Å². The number of benzene rings is 2. The average Bonchev–Trinajstić information content (AvgIpc) is 2.52. The molecule has 0 aliphatic carbocycles. The first kappa shape index (κ1) is 17.3. The molecule has 0 aromatic heterocycles. The SMILES string of the molecule is CCNc1cc(C)cc(C(Nc2ccc(C(=N)N)cc2)C(=O)O)c1. The zero-order chi connectivity index (χ0) is 17.7. The highest BCUT2D eigenvalue weighted by Gasteiger charge is 2.20. The maximum Gasteiger partial charge on any atom is 0.330 e. The van der Waals surface area contributed by atoms with Crippen molar-refractivity contribution < 1.29 is 9.90 Å². The monoisotopic (exact) mass is 326 g/mol. The van der Waals surface area contributed by atoms with E-state index in [1.165, 1.54) is 0 Å². The third-order valence-corrected chi connectivity index (χ3v) is 3.57. The van der Waals surface area contributed by atoms with Gasteiger partial charge in [-0.1, -0.05) is 6.07 Å². The van der Waals surface area contributed by atoms with Crippen molar-refractivity contribution >= 4 is 23.2 Å². The Hall–Kier alpha value is -3.02. The summed E-state index contributed by atoms with van der Waals surface area (Å²) in [6.07, 6.45) is 0. The average molecular weight is 326 g/mol. The van der Waals surface area contributed by atoms with Gasteiger partial charge in [0.05, 0.1) is 0 Å². The van der Waals surface area contributed by atoms with Gasteiger partial charge in [0.25, 0.3) is 0 Å². The van der Waals surface area contributed by atoms with Gasteiger partial charge >= 0.3 is 5.97 Å². The number of aliphatic carboxylic acids is 1. The molecule has 0 heterocycles. The number of carboxylic acids is 1. The third kappa shape index (κ3) is 4.25. The largest absolute Gasteiger partial charge is 0.479 e. The number of rotatable bonds is 7. The molecule has 6 nitrogen and oxygen atoms in total. The molecule has 0 aliphatic heterocycles. The van der Waals surface area contributed by atoms with Crippen LogP contribution in [0.4, 0.5) is 11.4 Å². The van der Waals surface area contributed by atoms with Crippen molar-refractivity contribution in [3.05, 3.63) is 59.2 Å². The molecule has 0 saturated carbocycles. The molecule has 1 atom stereocenters. The summed E-state index contributed by atoms with van der Waals surface area (Å²) in [5, 5.41) is 23.2. The van der Waals surface area contributed by atoms with Gasteiger partial charge in [-0.3, -0.25) is 5.41 Å². The molecule has 0 saturated heterocycles. The summed E-state index contributed by atoms with van der Waals surface area (Å²) in [4.78, 5) is 11.7. The van der Waals surface area contributed by atoms with Gasteiger partial charge in [-0.2, -0.15) is 0 Å². The van der Waals surface area contributed by atoms with E-state index in [9.17, 15) is 9.90 Å². The lowest BCUT2D eigenvalue weighted by atomic mass is 10.0. The number of hydrogen-bond donors (Lipinski definition) is 5. The number of nitrogen functional groups attached to an aromatic ring is 1.